The number of nitrogens with zero attached hydrogens (tertiary/aromatic N) is 1. The van der Waals surface area contributed by atoms with Gasteiger partial charge in [-0.05, 0) is 32.1 Å². The second kappa shape index (κ2) is 6.76. The van der Waals surface area contributed by atoms with Gasteiger partial charge in [0.15, 0.2) is 0 Å². The molecule has 0 aromatic rings. The molecule has 4 heteroatoms. The summed E-state index contributed by atoms with van der Waals surface area (Å²) in [7, 11) is 0. The quantitative estimate of drug-likeness (QED) is 0.742. The molecule has 1 amide bonds. The average Bonchev–Trinajstić information content (AvgIpc) is 2.81. The Morgan fingerprint density at radius 2 is 1.78 bits per heavy atom. The van der Waals surface area contributed by atoms with Gasteiger partial charge in [0.1, 0.15) is 5.92 Å². The maximum atomic E-state index is 12.2. The molecule has 1 rings (SSSR count). The highest BCUT2D eigenvalue weighted by Crippen LogP contribution is 2.25. The molecule has 18 heavy (non-hydrogen) atoms. The largest absolute Gasteiger partial charge is 0.481 e. The van der Waals surface area contributed by atoms with E-state index in [1.807, 2.05) is 4.90 Å². The summed E-state index contributed by atoms with van der Waals surface area (Å²) in [6.45, 7) is 6.43. The molecule has 1 atom stereocenters. The first kappa shape index (κ1) is 15.0. The summed E-state index contributed by atoms with van der Waals surface area (Å²) in [6, 6.07) is 0.262. The molecular formula is C14H25NO3. The highest BCUT2D eigenvalue weighted by Gasteiger charge is 2.32. The van der Waals surface area contributed by atoms with Crippen LogP contribution in [0.3, 0.4) is 0 Å². The lowest BCUT2D eigenvalue weighted by atomic mass is 10.1. The third-order valence-corrected chi connectivity index (χ3v) is 3.74. The van der Waals surface area contributed by atoms with Crippen LogP contribution in [0.4, 0.5) is 0 Å². The smallest absolute Gasteiger partial charge is 0.315 e. The summed E-state index contributed by atoms with van der Waals surface area (Å²) in [6.07, 6.45) is 5.29. The number of rotatable bonds is 6. The van der Waals surface area contributed by atoms with Gasteiger partial charge in [-0.25, -0.2) is 0 Å². The molecule has 0 spiro atoms. The molecule has 0 saturated heterocycles. The summed E-state index contributed by atoms with van der Waals surface area (Å²) in [5.74, 6) is -1.62. The molecule has 0 aliphatic heterocycles. The first-order chi connectivity index (χ1) is 8.43. The summed E-state index contributed by atoms with van der Waals surface area (Å²) in [4.78, 5) is 25.0. The van der Waals surface area contributed by atoms with Crippen molar-refractivity contribution in [3.63, 3.8) is 0 Å². The molecule has 1 unspecified atom stereocenters. The van der Waals surface area contributed by atoms with E-state index in [9.17, 15) is 9.59 Å². The van der Waals surface area contributed by atoms with Gasteiger partial charge in [0.05, 0.1) is 0 Å². The van der Waals surface area contributed by atoms with Crippen molar-refractivity contribution in [3.05, 3.63) is 0 Å². The van der Waals surface area contributed by atoms with Crippen LogP contribution >= 0.6 is 0 Å². The standard InChI is InChI=1S/C14H25NO3/c1-10(2)8-9-15(12-6-4-5-7-12)13(16)11(3)14(17)18/h10-12H,4-9H2,1-3H3,(H,17,18). The number of carbonyl (C=O) groups is 2. The van der Waals surface area contributed by atoms with E-state index in [0.29, 0.717) is 12.5 Å². The Kier molecular flexibility index (Phi) is 5.63. The van der Waals surface area contributed by atoms with E-state index < -0.39 is 11.9 Å². The van der Waals surface area contributed by atoms with Gasteiger partial charge in [-0.3, -0.25) is 9.59 Å². The number of carbonyl (C=O) groups excluding carboxylic acids is 1. The fraction of sp³-hybridized carbons (Fsp3) is 0.857. The Hall–Kier alpha value is -1.06. The highest BCUT2D eigenvalue weighted by atomic mass is 16.4. The molecule has 0 heterocycles. The number of carboxylic acid groups (broad SMARTS) is 1. The van der Waals surface area contributed by atoms with Crippen molar-refractivity contribution in [1.29, 1.82) is 0 Å². The minimum atomic E-state index is -1.02. The van der Waals surface area contributed by atoms with Crippen molar-refractivity contribution in [2.24, 2.45) is 11.8 Å². The molecule has 0 aromatic heterocycles. The molecule has 1 N–H and O–H groups in total. The van der Waals surface area contributed by atoms with Crippen LogP contribution in [0.2, 0.25) is 0 Å². The SMILES string of the molecule is CC(C)CCN(C(=O)C(C)C(=O)O)C1CCCC1. The Morgan fingerprint density at radius 3 is 2.22 bits per heavy atom. The molecule has 0 radical (unpaired) electrons. The number of hydrogen-bond donors (Lipinski definition) is 1. The van der Waals surface area contributed by atoms with Gasteiger partial charge in [0.2, 0.25) is 5.91 Å². The van der Waals surface area contributed by atoms with Crippen LogP contribution in [0.15, 0.2) is 0 Å². The molecule has 1 saturated carbocycles. The van der Waals surface area contributed by atoms with Crippen molar-refractivity contribution in [1.82, 2.24) is 4.90 Å². The van der Waals surface area contributed by atoms with Gasteiger partial charge < -0.3 is 10.0 Å². The molecule has 1 fully saturated rings. The molecule has 104 valence electrons. The molecule has 4 nitrogen and oxygen atoms in total. The van der Waals surface area contributed by atoms with Crippen molar-refractivity contribution >= 4 is 11.9 Å². The minimum Gasteiger partial charge on any atom is -0.481 e. The Bertz CT molecular complexity index is 295. The van der Waals surface area contributed by atoms with Crippen LogP contribution < -0.4 is 0 Å². The monoisotopic (exact) mass is 255 g/mol. The van der Waals surface area contributed by atoms with Crippen molar-refractivity contribution in [2.45, 2.75) is 58.9 Å². The summed E-state index contributed by atoms with van der Waals surface area (Å²) in [5.41, 5.74) is 0. The van der Waals surface area contributed by atoms with E-state index in [1.165, 1.54) is 6.92 Å². The third-order valence-electron chi connectivity index (χ3n) is 3.74. The number of amides is 1. The lowest BCUT2D eigenvalue weighted by Crippen LogP contribution is -2.44. The van der Waals surface area contributed by atoms with Crippen LogP contribution in [0.1, 0.15) is 52.9 Å². The minimum absolute atomic E-state index is 0.213. The van der Waals surface area contributed by atoms with Crippen LogP contribution in [-0.4, -0.2) is 34.5 Å². The fourth-order valence-electron chi connectivity index (χ4n) is 2.44. The van der Waals surface area contributed by atoms with Gasteiger partial charge in [0.25, 0.3) is 0 Å². The van der Waals surface area contributed by atoms with E-state index >= 15 is 0 Å². The van der Waals surface area contributed by atoms with Crippen molar-refractivity contribution in [2.75, 3.05) is 6.54 Å². The molecular weight excluding hydrogens is 230 g/mol. The molecule has 0 aromatic carbocycles. The Morgan fingerprint density at radius 1 is 1.22 bits per heavy atom. The van der Waals surface area contributed by atoms with Gasteiger partial charge in [-0.1, -0.05) is 26.7 Å². The lowest BCUT2D eigenvalue weighted by Gasteiger charge is -2.31. The zero-order chi connectivity index (χ0) is 13.7. The van der Waals surface area contributed by atoms with Crippen molar-refractivity contribution < 1.29 is 14.7 Å². The van der Waals surface area contributed by atoms with E-state index in [4.69, 9.17) is 5.11 Å². The zero-order valence-corrected chi connectivity index (χ0v) is 11.7. The second-order valence-corrected chi connectivity index (χ2v) is 5.71. The maximum absolute atomic E-state index is 12.2. The van der Waals surface area contributed by atoms with Crippen LogP contribution in [0, 0.1) is 11.8 Å². The first-order valence-electron chi connectivity index (χ1n) is 6.96. The van der Waals surface area contributed by atoms with Gasteiger partial charge in [0, 0.05) is 12.6 Å². The van der Waals surface area contributed by atoms with E-state index in [1.54, 1.807) is 0 Å². The topological polar surface area (TPSA) is 57.6 Å². The number of aliphatic carboxylic acids is 1. The molecule has 1 aliphatic carbocycles. The fourth-order valence-corrected chi connectivity index (χ4v) is 2.44. The van der Waals surface area contributed by atoms with Gasteiger partial charge >= 0.3 is 5.97 Å². The van der Waals surface area contributed by atoms with Crippen LogP contribution in [0.5, 0.6) is 0 Å². The van der Waals surface area contributed by atoms with Gasteiger partial charge in [-0.15, -0.1) is 0 Å². The second-order valence-electron chi connectivity index (χ2n) is 5.71. The van der Waals surface area contributed by atoms with Crippen LogP contribution in [-0.2, 0) is 9.59 Å². The maximum Gasteiger partial charge on any atom is 0.315 e. The zero-order valence-electron chi connectivity index (χ0n) is 11.7. The summed E-state index contributed by atoms with van der Waals surface area (Å²) >= 11 is 0. The first-order valence-corrected chi connectivity index (χ1v) is 6.96. The Balaban J connectivity index is 2.69. The number of hydrogen-bond acceptors (Lipinski definition) is 2. The lowest BCUT2D eigenvalue weighted by molar-refractivity contribution is -0.151. The summed E-state index contributed by atoms with van der Waals surface area (Å²) < 4.78 is 0. The molecule has 1 aliphatic rings. The summed E-state index contributed by atoms with van der Waals surface area (Å²) in [5, 5.41) is 8.97. The predicted molar refractivity (Wildman–Crippen MR) is 70.2 cm³/mol. The highest BCUT2D eigenvalue weighted by molar-refractivity contribution is 5.96. The van der Waals surface area contributed by atoms with Crippen molar-refractivity contribution in [3.8, 4) is 0 Å². The Labute approximate surface area is 109 Å². The normalized spacial score (nSPS) is 18.0. The van der Waals surface area contributed by atoms with Crippen LogP contribution in [0.25, 0.3) is 0 Å². The number of carboxylic acids is 1. The van der Waals surface area contributed by atoms with Gasteiger partial charge in [-0.2, -0.15) is 0 Å². The van der Waals surface area contributed by atoms with E-state index in [2.05, 4.69) is 13.8 Å². The predicted octanol–water partition coefficient (Wildman–Crippen LogP) is 2.52. The molecule has 0 bridgehead atoms. The van der Waals surface area contributed by atoms with E-state index in [-0.39, 0.29) is 11.9 Å². The van der Waals surface area contributed by atoms with E-state index in [0.717, 1.165) is 32.1 Å². The average molecular weight is 255 g/mol. The third kappa shape index (κ3) is 4.00.